The number of rotatable bonds is 2. The normalized spacial score (nSPS) is 19.1. The average Bonchev–Trinajstić information content (AvgIpc) is 2.49. The molecular weight excluding hydrogens is 250 g/mol. The maximum atomic E-state index is 4.47. The molecule has 2 aromatic rings. The lowest BCUT2D eigenvalue weighted by atomic mass is 9.92. The van der Waals surface area contributed by atoms with Crippen molar-refractivity contribution in [3.63, 3.8) is 0 Å². The third-order valence-corrected chi connectivity index (χ3v) is 3.85. The Labute approximate surface area is 119 Å². The molecule has 0 amide bonds. The molecule has 20 heavy (non-hydrogen) atoms. The maximum absolute atomic E-state index is 4.47. The first-order valence-electron chi connectivity index (χ1n) is 7.06. The zero-order chi connectivity index (χ0) is 13.9. The Morgan fingerprint density at radius 3 is 2.85 bits per heavy atom. The Balaban J connectivity index is 1.80. The number of hydrogen-bond donors (Lipinski definition) is 0. The number of aryl methyl sites for hydroxylation is 2. The summed E-state index contributed by atoms with van der Waals surface area (Å²) in [5.41, 5.74) is 3.30. The monoisotopic (exact) mass is 269 g/mol. The van der Waals surface area contributed by atoms with Crippen LogP contribution in [0.1, 0.15) is 35.7 Å². The van der Waals surface area contributed by atoms with E-state index in [1.165, 1.54) is 17.7 Å². The molecule has 0 radical (unpaired) electrons. The molecule has 2 aromatic heterocycles. The van der Waals surface area contributed by atoms with E-state index in [2.05, 4.69) is 38.1 Å². The van der Waals surface area contributed by atoms with Gasteiger partial charge in [0, 0.05) is 25.2 Å². The van der Waals surface area contributed by atoms with Gasteiger partial charge >= 0.3 is 0 Å². The van der Waals surface area contributed by atoms with Gasteiger partial charge in [0.2, 0.25) is 0 Å². The molecule has 3 rings (SSSR count). The van der Waals surface area contributed by atoms with Crippen LogP contribution < -0.4 is 4.90 Å². The molecule has 5 nitrogen and oxygen atoms in total. The Morgan fingerprint density at radius 2 is 2.10 bits per heavy atom. The second-order valence-corrected chi connectivity index (χ2v) is 5.41. The Morgan fingerprint density at radius 1 is 1.20 bits per heavy atom. The van der Waals surface area contributed by atoms with Crippen LogP contribution in [0.2, 0.25) is 0 Å². The molecule has 5 heteroatoms. The second-order valence-electron chi connectivity index (χ2n) is 5.41. The molecule has 1 aliphatic rings. The molecule has 1 fully saturated rings. The molecule has 0 unspecified atom stereocenters. The van der Waals surface area contributed by atoms with Gasteiger partial charge in [0.25, 0.3) is 0 Å². The van der Waals surface area contributed by atoms with Crippen molar-refractivity contribution in [3.8, 4) is 0 Å². The van der Waals surface area contributed by atoms with Gasteiger partial charge in [0.05, 0.1) is 11.4 Å². The summed E-state index contributed by atoms with van der Waals surface area (Å²) in [4.78, 5) is 10.9. The topological polar surface area (TPSA) is 54.8 Å². The molecule has 0 aliphatic carbocycles. The third-order valence-electron chi connectivity index (χ3n) is 3.85. The van der Waals surface area contributed by atoms with Gasteiger partial charge in [-0.25, -0.2) is 9.97 Å². The van der Waals surface area contributed by atoms with Crippen LogP contribution in [0.5, 0.6) is 0 Å². The molecule has 1 aliphatic heterocycles. The van der Waals surface area contributed by atoms with E-state index >= 15 is 0 Å². The minimum absolute atomic E-state index is 0.454. The van der Waals surface area contributed by atoms with Crippen molar-refractivity contribution >= 4 is 5.82 Å². The van der Waals surface area contributed by atoms with E-state index in [-0.39, 0.29) is 0 Å². The van der Waals surface area contributed by atoms with Crippen molar-refractivity contribution in [3.05, 3.63) is 41.6 Å². The second kappa shape index (κ2) is 5.53. The summed E-state index contributed by atoms with van der Waals surface area (Å²) < 4.78 is 0. The fourth-order valence-electron chi connectivity index (χ4n) is 2.80. The predicted octanol–water partition coefficient (Wildman–Crippen LogP) is 2.27. The van der Waals surface area contributed by atoms with Gasteiger partial charge in [-0.2, -0.15) is 5.10 Å². The van der Waals surface area contributed by atoms with Crippen LogP contribution in [0.3, 0.4) is 0 Å². The number of hydrogen-bond acceptors (Lipinski definition) is 5. The lowest BCUT2D eigenvalue weighted by Crippen LogP contribution is -2.35. The van der Waals surface area contributed by atoms with E-state index in [4.69, 9.17) is 0 Å². The van der Waals surface area contributed by atoms with E-state index in [1.807, 2.05) is 19.2 Å². The number of aromatic nitrogens is 4. The molecule has 0 aromatic carbocycles. The van der Waals surface area contributed by atoms with Gasteiger partial charge < -0.3 is 4.90 Å². The summed E-state index contributed by atoms with van der Waals surface area (Å²) >= 11 is 0. The summed E-state index contributed by atoms with van der Waals surface area (Å²) in [7, 11) is 0. The van der Waals surface area contributed by atoms with Gasteiger partial charge in [-0.1, -0.05) is 0 Å². The summed E-state index contributed by atoms with van der Waals surface area (Å²) in [6, 6.07) is 4.07. The molecule has 3 heterocycles. The van der Waals surface area contributed by atoms with E-state index in [0.29, 0.717) is 5.92 Å². The van der Waals surface area contributed by atoms with Crippen LogP contribution in [0, 0.1) is 13.8 Å². The largest absolute Gasteiger partial charge is 0.354 e. The Kier molecular flexibility index (Phi) is 3.58. The van der Waals surface area contributed by atoms with Crippen LogP contribution >= 0.6 is 0 Å². The summed E-state index contributed by atoms with van der Waals surface area (Å²) in [5, 5.41) is 8.45. The Bertz CT molecular complexity index is 581. The fraction of sp³-hybridized carbons (Fsp3) is 0.467. The number of nitrogens with zero attached hydrogens (tertiary/aromatic N) is 5. The highest BCUT2D eigenvalue weighted by molar-refractivity contribution is 5.39. The van der Waals surface area contributed by atoms with Gasteiger partial charge in [-0.05, 0) is 44.4 Å². The van der Waals surface area contributed by atoms with Crippen LogP contribution in [-0.2, 0) is 0 Å². The van der Waals surface area contributed by atoms with Crippen molar-refractivity contribution in [1.82, 2.24) is 20.2 Å². The molecule has 0 saturated carbocycles. The van der Waals surface area contributed by atoms with Crippen molar-refractivity contribution < 1.29 is 0 Å². The molecule has 1 atom stereocenters. The van der Waals surface area contributed by atoms with E-state index in [1.54, 1.807) is 6.33 Å². The zero-order valence-corrected chi connectivity index (χ0v) is 12.0. The van der Waals surface area contributed by atoms with Crippen LogP contribution in [-0.4, -0.2) is 33.3 Å². The number of piperidine rings is 1. The van der Waals surface area contributed by atoms with E-state index in [0.717, 1.165) is 31.0 Å². The van der Waals surface area contributed by atoms with Crippen LogP contribution in [0.15, 0.2) is 24.7 Å². The minimum Gasteiger partial charge on any atom is -0.354 e. The lowest BCUT2D eigenvalue weighted by molar-refractivity contribution is 0.494. The SMILES string of the molecule is Cc1ccc(N2CCC[C@@H](c3ncncc3C)C2)nn1. The highest BCUT2D eigenvalue weighted by atomic mass is 15.3. The summed E-state index contributed by atoms with van der Waals surface area (Å²) in [6.45, 7) is 6.04. The summed E-state index contributed by atoms with van der Waals surface area (Å²) in [6.07, 6.45) is 5.87. The van der Waals surface area contributed by atoms with Crippen molar-refractivity contribution in [1.29, 1.82) is 0 Å². The smallest absolute Gasteiger partial charge is 0.151 e. The minimum atomic E-state index is 0.454. The molecule has 0 spiro atoms. The highest BCUT2D eigenvalue weighted by Crippen LogP contribution is 2.29. The molecule has 1 saturated heterocycles. The van der Waals surface area contributed by atoms with Gasteiger partial charge in [-0.15, -0.1) is 5.10 Å². The van der Waals surface area contributed by atoms with E-state index in [9.17, 15) is 0 Å². The molecular formula is C15H19N5. The van der Waals surface area contributed by atoms with E-state index < -0.39 is 0 Å². The first-order valence-corrected chi connectivity index (χ1v) is 7.06. The van der Waals surface area contributed by atoms with Gasteiger partial charge in [0.1, 0.15) is 6.33 Å². The zero-order valence-electron chi connectivity index (χ0n) is 12.0. The molecule has 104 valence electrons. The lowest BCUT2D eigenvalue weighted by Gasteiger charge is -2.33. The predicted molar refractivity (Wildman–Crippen MR) is 77.7 cm³/mol. The van der Waals surface area contributed by atoms with Gasteiger partial charge in [-0.3, -0.25) is 0 Å². The third kappa shape index (κ3) is 2.61. The first-order chi connectivity index (χ1) is 9.74. The fourth-order valence-corrected chi connectivity index (χ4v) is 2.80. The van der Waals surface area contributed by atoms with Crippen molar-refractivity contribution in [2.24, 2.45) is 0 Å². The standard InChI is InChI=1S/C15H19N5/c1-11-8-16-10-17-15(11)13-4-3-7-20(9-13)14-6-5-12(2)18-19-14/h5-6,8,10,13H,3-4,7,9H2,1-2H3/t13-/m1/s1. The Hall–Kier alpha value is -2.04. The highest BCUT2D eigenvalue weighted by Gasteiger charge is 2.24. The van der Waals surface area contributed by atoms with Crippen molar-refractivity contribution in [2.75, 3.05) is 18.0 Å². The molecule has 0 bridgehead atoms. The average molecular weight is 269 g/mol. The van der Waals surface area contributed by atoms with Crippen LogP contribution in [0.4, 0.5) is 5.82 Å². The molecule has 0 N–H and O–H groups in total. The quantitative estimate of drug-likeness (QED) is 0.837. The van der Waals surface area contributed by atoms with Gasteiger partial charge in [0.15, 0.2) is 5.82 Å². The first kappa shape index (κ1) is 13.0. The maximum Gasteiger partial charge on any atom is 0.151 e. The number of anilines is 1. The summed E-state index contributed by atoms with van der Waals surface area (Å²) in [5.74, 6) is 1.42. The van der Waals surface area contributed by atoms with Crippen molar-refractivity contribution in [2.45, 2.75) is 32.6 Å². The van der Waals surface area contributed by atoms with Crippen LogP contribution in [0.25, 0.3) is 0 Å².